The number of rotatable bonds is 6. The van der Waals surface area contributed by atoms with Gasteiger partial charge in [0.1, 0.15) is 5.69 Å². The van der Waals surface area contributed by atoms with Crippen LogP contribution in [0.5, 0.6) is 0 Å². The summed E-state index contributed by atoms with van der Waals surface area (Å²) in [6.07, 6.45) is 2.65. The summed E-state index contributed by atoms with van der Waals surface area (Å²) in [7, 11) is 1.89. The van der Waals surface area contributed by atoms with Crippen molar-refractivity contribution >= 4 is 11.6 Å². The van der Waals surface area contributed by atoms with Crippen LogP contribution in [0.4, 0.5) is 0 Å². The van der Waals surface area contributed by atoms with E-state index in [2.05, 4.69) is 44.7 Å². The number of hydrogen-bond donors (Lipinski definition) is 2. The molecule has 4 rings (SSSR count). The minimum atomic E-state index is -0.275. The Morgan fingerprint density at radius 2 is 2.03 bits per heavy atom. The third-order valence-corrected chi connectivity index (χ3v) is 5.25. The first-order valence-corrected chi connectivity index (χ1v) is 10.0. The maximum Gasteiger partial charge on any atom is 0.269 e. The number of aromatic nitrogens is 7. The number of nitrogens with zero attached hydrogens (tertiary/aromatic N) is 6. The van der Waals surface area contributed by atoms with E-state index in [0.29, 0.717) is 23.1 Å². The van der Waals surface area contributed by atoms with Gasteiger partial charge in [0.2, 0.25) is 0 Å². The van der Waals surface area contributed by atoms with Crippen LogP contribution in [0, 0.1) is 19.8 Å². The number of carbonyl (C=O) groups excluding carboxylic acids is 1. The van der Waals surface area contributed by atoms with Crippen LogP contribution in [0.2, 0.25) is 0 Å². The summed E-state index contributed by atoms with van der Waals surface area (Å²) in [5, 5.41) is 23.3. The molecule has 1 amide bonds. The van der Waals surface area contributed by atoms with Crippen molar-refractivity contribution in [2.75, 3.05) is 0 Å². The quantitative estimate of drug-likeness (QED) is 0.512. The molecule has 0 aliphatic carbocycles. The van der Waals surface area contributed by atoms with E-state index >= 15 is 0 Å². The lowest BCUT2D eigenvalue weighted by Gasteiger charge is -2.18. The highest BCUT2D eigenvalue weighted by Gasteiger charge is 2.24. The second-order valence-electron chi connectivity index (χ2n) is 7.98. The van der Waals surface area contributed by atoms with Gasteiger partial charge >= 0.3 is 0 Å². The van der Waals surface area contributed by atoms with Gasteiger partial charge in [0, 0.05) is 24.5 Å². The van der Waals surface area contributed by atoms with Crippen LogP contribution in [0.3, 0.4) is 0 Å². The first kappa shape index (κ1) is 19.8. The molecular formula is C21H26N8O. The Labute approximate surface area is 174 Å². The van der Waals surface area contributed by atoms with Gasteiger partial charge in [0.05, 0.1) is 17.4 Å². The Bertz CT molecular complexity index is 1200. The molecule has 4 aromatic rings. The second kappa shape index (κ2) is 7.74. The maximum atomic E-state index is 13.0. The Hall–Kier alpha value is -3.49. The monoisotopic (exact) mass is 406 g/mol. The van der Waals surface area contributed by atoms with Gasteiger partial charge in [-0.05, 0) is 44.4 Å². The van der Waals surface area contributed by atoms with Crippen LogP contribution >= 0.6 is 0 Å². The number of hydrogen-bond acceptors (Lipinski definition) is 5. The normalized spacial score (nSPS) is 12.6. The maximum absolute atomic E-state index is 13.0. The zero-order chi connectivity index (χ0) is 21.4. The Kier molecular flexibility index (Phi) is 5.11. The van der Waals surface area contributed by atoms with E-state index in [0.717, 1.165) is 29.0 Å². The highest BCUT2D eigenvalue weighted by molar-refractivity contribution is 5.93. The van der Waals surface area contributed by atoms with Gasteiger partial charge in [0.15, 0.2) is 11.5 Å². The predicted molar refractivity (Wildman–Crippen MR) is 113 cm³/mol. The average Bonchev–Trinajstić information content (AvgIpc) is 3.39. The molecule has 0 spiro atoms. The number of H-pyrrole nitrogens is 1. The lowest BCUT2D eigenvalue weighted by molar-refractivity contribution is 0.0924. The highest BCUT2D eigenvalue weighted by atomic mass is 16.2. The molecule has 4 aromatic heterocycles. The number of fused-ring (bicyclic) bond motifs is 1. The highest BCUT2D eigenvalue weighted by Crippen LogP contribution is 2.26. The summed E-state index contributed by atoms with van der Waals surface area (Å²) < 4.78 is 3.72. The number of amides is 1. The summed E-state index contributed by atoms with van der Waals surface area (Å²) in [6, 6.07) is 7.22. The van der Waals surface area contributed by atoms with Crippen molar-refractivity contribution in [1.82, 2.24) is 39.9 Å². The molecule has 0 saturated carbocycles. The van der Waals surface area contributed by atoms with Gasteiger partial charge in [0.25, 0.3) is 5.91 Å². The zero-order valence-electron chi connectivity index (χ0n) is 17.8. The number of carbonyl (C=O) groups is 1. The summed E-state index contributed by atoms with van der Waals surface area (Å²) in [5.74, 6) is 0.849. The number of nitrogens with one attached hydrogen (secondary N) is 2. The predicted octanol–water partition coefficient (Wildman–Crippen LogP) is 2.99. The topological polar surface area (TPSA) is 106 Å². The van der Waals surface area contributed by atoms with E-state index in [9.17, 15) is 4.79 Å². The third kappa shape index (κ3) is 3.58. The average molecular weight is 406 g/mol. The van der Waals surface area contributed by atoms with Gasteiger partial charge in [-0.1, -0.05) is 19.9 Å². The first-order chi connectivity index (χ1) is 14.3. The first-order valence-electron chi connectivity index (χ1n) is 10.0. The van der Waals surface area contributed by atoms with Crippen LogP contribution in [0.25, 0.3) is 16.9 Å². The molecule has 9 nitrogen and oxygen atoms in total. The number of pyridine rings is 1. The molecule has 0 saturated heterocycles. The largest absolute Gasteiger partial charge is 0.341 e. The molecule has 2 N–H and O–H groups in total. The Balaban J connectivity index is 1.61. The van der Waals surface area contributed by atoms with Gasteiger partial charge in [-0.25, -0.2) is 0 Å². The van der Waals surface area contributed by atoms with Crippen molar-refractivity contribution in [2.45, 2.75) is 40.2 Å². The fraction of sp³-hybridized carbons (Fsp3) is 0.381. The molecule has 0 radical (unpaired) electrons. The molecule has 0 aliphatic heterocycles. The summed E-state index contributed by atoms with van der Waals surface area (Å²) in [4.78, 5) is 13.0. The number of aryl methyl sites for hydroxylation is 2. The molecule has 1 atom stereocenters. The summed E-state index contributed by atoms with van der Waals surface area (Å²) in [6.45, 7) is 8.15. The van der Waals surface area contributed by atoms with Crippen LogP contribution in [0.15, 0.2) is 30.5 Å². The SMILES string of the molecule is Cc1nn(C)c(C)c1-c1cc(C(=O)N[C@H](CC(C)C)c2nnc3ccccn23)[nH]n1. The van der Waals surface area contributed by atoms with Crippen molar-refractivity contribution in [2.24, 2.45) is 13.0 Å². The van der Waals surface area contributed by atoms with E-state index in [4.69, 9.17) is 0 Å². The Morgan fingerprint density at radius 1 is 1.23 bits per heavy atom. The van der Waals surface area contributed by atoms with Crippen molar-refractivity contribution in [3.05, 3.63) is 53.4 Å². The minimum absolute atomic E-state index is 0.230. The number of aromatic amines is 1. The fourth-order valence-corrected chi connectivity index (χ4v) is 3.74. The third-order valence-electron chi connectivity index (χ3n) is 5.25. The van der Waals surface area contributed by atoms with Gasteiger partial charge < -0.3 is 5.32 Å². The molecular weight excluding hydrogens is 380 g/mol. The summed E-state index contributed by atoms with van der Waals surface area (Å²) in [5.41, 5.74) is 4.67. The standard InChI is InChI=1S/C21H26N8O/c1-12(2)10-16(20-26-25-18-8-6-7-9-29(18)20)22-21(30)17-11-15(23-24-17)19-13(3)27-28(5)14(19)4/h6-9,11-12,16H,10H2,1-5H3,(H,22,30)(H,23,24)/t16-/m1/s1. The van der Waals surface area contributed by atoms with Crippen molar-refractivity contribution in [3.8, 4) is 11.3 Å². The van der Waals surface area contributed by atoms with E-state index in [1.54, 1.807) is 6.07 Å². The van der Waals surface area contributed by atoms with E-state index in [-0.39, 0.29) is 11.9 Å². The van der Waals surface area contributed by atoms with Crippen LogP contribution in [0.1, 0.15) is 54.0 Å². The zero-order valence-corrected chi connectivity index (χ0v) is 17.8. The molecule has 9 heteroatoms. The molecule has 0 aliphatic rings. The van der Waals surface area contributed by atoms with Crippen molar-refractivity contribution in [1.29, 1.82) is 0 Å². The van der Waals surface area contributed by atoms with Crippen LogP contribution in [-0.2, 0) is 7.05 Å². The van der Waals surface area contributed by atoms with Crippen LogP contribution in [-0.4, -0.2) is 40.5 Å². The van der Waals surface area contributed by atoms with Gasteiger partial charge in [-0.2, -0.15) is 10.2 Å². The lowest BCUT2D eigenvalue weighted by atomic mass is 10.0. The molecule has 0 bridgehead atoms. The lowest BCUT2D eigenvalue weighted by Crippen LogP contribution is -2.31. The fourth-order valence-electron chi connectivity index (χ4n) is 3.74. The van der Waals surface area contributed by atoms with Gasteiger partial charge in [-0.15, -0.1) is 10.2 Å². The molecule has 4 heterocycles. The molecule has 30 heavy (non-hydrogen) atoms. The molecule has 0 unspecified atom stereocenters. The minimum Gasteiger partial charge on any atom is -0.341 e. The van der Waals surface area contributed by atoms with E-state index in [1.165, 1.54) is 0 Å². The summed E-state index contributed by atoms with van der Waals surface area (Å²) >= 11 is 0. The molecule has 156 valence electrons. The van der Waals surface area contributed by atoms with Crippen molar-refractivity contribution < 1.29 is 4.79 Å². The van der Waals surface area contributed by atoms with Crippen molar-refractivity contribution in [3.63, 3.8) is 0 Å². The van der Waals surface area contributed by atoms with E-state index in [1.807, 2.05) is 54.4 Å². The Morgan fingerprint density at radius 3 is 2.73 bits per heavy atom. The second-order valence-corrected chi connectivity index (χ2v) is 7.98. The van der Waals surface area contributed by atoms with Crippen LogP contribution < -0.4 is 5.32 Å². The van der Waals surface area contributed by atoms with E-state index < -0.39 is 0 Å². The smallest absolute Gasteiger partial charge is 0.269 e. The van der Waals surface area contributed by atoms with Gasteiger partial charge in [-0.3, -0.25) is 19.0 Å². The molecule has 0 fully saturated rings. The molecule has 0 aromatic carbocycles.